The molecule has 0 aliphatic carbocycles. The Morgan fingerprint density at radius 2 is 1.88 bits per heavy atom. The lowest BCUT2D eigenvalue weighted by Crippen LogP contribution is -2.43. The minimum Gasteiger partial charge on any atom is -0.378 e. The van der Waals surface area contributed by atoms with E-state index in [-0.39, 0.29) is 24.0 Å². The summed E-state index contributed by atoms with van der Waals surface area (Å²) in [5.41, 5.74) is 0. The fourth-order valence-electron chi connectivity index (χ4n) is 3.35. The van der Waals surface area contributed by atoms with E-state index in [1.54, 1.807) is 0 Å². The summed E-state index contributed by atoms with van der Waals surface area (Å²) in [5.74, 6) is 2.24. The maximum absolute atomic E-state index is 5.80. The third-order valence-corrected chi connectivity index (χ3v) is 4.87. The van der Waals surface area contributed by atoms with Crippen LogP contribution in [-0.4, -0.2) is 63.3 Å². The summed E-state index contributed by atoms with van der Waals surface area (Å²) in [7, 11) is 1.85. The number of hydrogen-bond donors (Lipinski definition) is 2. The van der Waals surface area contributed by atoms with Gasteiger partial charge in [0.1, 0.15) is 0 Å². The molecule has 0 aromatic rings. The number of nitrogens with one attached hydrogen (secondary N) is 2. The molecule has 0 radical (unpaired) electrons. The molecule has 150 valence electrons. The van der Waals surface area contributed by atoms with Crippen LogP contribution in [0.2, 0.25) is 0 Å². The highest BCUT2D eigenvalue weighted by Gasteiger charge is 2.18. The van der Waals surface area contributed by atoms with Crippen LogP contribution in [0.4, 0.5) is 0 Å². The minimum atomic E-state index is 0. The molecule has 0 saturated carbocycles. The molecule has 5 nitrogen and oxygen atoms in total. The minimum absolute atomic E-state index is 0. The number of nitrogens with zero attached hydrogens (tertiary/aromatic N) is 2. The molecule has 1 aliphatic rings. The molecule has 1 rings (SSSR count). The molecule has 1 saturated heterocycles. The van der Waals surface area contributed by atoms with E-state index >= 15 is 0 Å². The normalized spacial score (nSPS) is 18.1. The zero-order valence-corrected chi connectivity index (χ0v) is 19.3. The van der Waals surface area contributed by atoms with Crippen LogP contribution in [0.25, 0.3) is 0 Å². The molecule has 0 bridgehead atoms. The van der Waals surface area contributed by atoms with Crippen LogP contribution in [0.3, 0.4) is 0 Å². The van der Waals surface area contributed by atoms with E-state index in [4.69, 9.17) is 4.74 Å². The molecule has 1 fully saturated rings. The quantitative estimate of drug-likeness (QED) is 0.293. The summed E-state index contributed by atoms with van der Waals surface area (Å²) < 4.78 is 5.80. The lowest BCUT2D eigenvalue weighted by Gasteiger charge is -2.32. The van der Waals surface area contributed by atoms with E-state index < -0.39 is 0 Å². The van der Waals surface area contributed by atoms with Gasteiger partial charge in [-0.3, -0.25) is 4.99 Å². The molecular weight excluding hydrogens is 427 g/mol. The Hall–Kier alpha value is -0.0800. The maximum Gasteiger partial charge on any atom is 0.190 e. The van der Waals surface area contributed by atoms with E-state index in [1.807, 2.05) is 7.05 Å². The number of halogens is 1. The van der Waals surface area contributed by atoms with Gasteiger partial charge in [-0.2, -0.15) is 0 Å². The van der Waals surface area contributed by atoms with Gasteiger partial charge in [0.05, 0.1) is 6.10 Å². The van der Waals surface area contributed by atoms with Crippen molar-refractivity contribution in [1.29, 1.82) is 0 Å². The maximum atomic E-state index is 5.80. The molecule has 0 spiro atoms. The van der Waals surface area contributed by atoms with Crippen molar-refractivity contribution in [1.82, 2.24) is 15.5 Å². The second kappa shape index (κ2) is 15.0. The van der Waals surface area contributed by atoms with E-state index in [0.29, 0.717) is 12.0 Å². The van der Waals surface area contributed by atoms with Gasteiger partial charge in [-0.25, -0.2) is 0 Å². The smallest absolute Gasteiger partial charge is 0.190 e. The molecule has 1 aliphatic heterocycles. The van der Waals surface area contributed by atoms with Crippen LogP contribution >= 0.6 is 24.0 Å². The number of rotatable bonds is 10. The van der Waals surface area contributed by atoms with Crippen LogP contribution < -0.4 is 10.6 Å². The third kappa shape index (κ3) is 10.6. The van der Waals surface area contributed by atoms with Gasteiger partial charge in [0.2, 0.25) is 0 Å². The number of ether oxygens (including phenoxy) is 1. The van der Waals surface area contributed by atoms with Crippen molar-refractivity contribution in [2.75, 3.05) is 46.4 Å². The van der Waals surface area contributed by atoms with Crippen LogP contribution in [0, 0.1) is 11.8 Å². The van der Waals surface area contributed by atoms with Gasteiger partial charge in [0.15, 0.2) is 5.96 Å². The summed E-state index contributed by atoms with van der Waals surface area (Å²) in [6, 6.07) is 0. The van der Waals surface area contributed by atoms with Gasteiger partial charge in [0, 0.05) is 26.7 Å². The number of guanidine groups is 1. The molecule has 2 N–H and O–H groups in total. The van der Waals surface area contributed by atoms with Crippen molar-refractivity contribution in [2.24, 2.45) is 16.8 Å². The number of aliphatic imine (C=N–C) groups is 1. The Labute approximate surface area is 172 Å². The van der Waals surface area contributed by atoms with Crippen LogP contribution in [0.1, 0.15) is 53.4 Å². The second-order valence-corrected chi connectivity index (χ2v) is 7.19. The zero-order chi connectivity index (χ0) is 17.8. The van der Waals surface area contributed by atoms with Crippen molar-refractivity contribution in [3.8, 4) is 0 Å². The summed E-state index contributed by atoms with van der Waals surface area (Å²) in [5, 5.41) is 6.93. The Bertz CT molecular complexity index is 344. The van der Waals surface area contributed by atoms with Crippen molar-refractivity contribution < 1.29 is 4.74 Å². The first-order valence-electron chi connectivity index (χ1n) is 9.89. The first-order chi connectivity index (χ1) is 11.6. The third-order valence-electron chi connectivity index (χ3n) is 4.87. The molecule has 0 amide bonds. The lowest BCUT2D eigenvalue weighted by molar-refractivity contribution is 0.0258. The Morgan fingerprint density at radius 3 is 2.40 bits per heavy atom. The monoisotopic (exact) mass is 468 g/mol. The predicted octanol–water partition coefficient (Wildman–Crippen LogP) is 3.34. The fourth-order valence-corrected chi connectivity index (χ4v) is 3.35. The SMILES string of the molecule is CCCN1CCC(CNC(=NC)NCCC(OCC)C(C)C)CC1.I. The van der Waals surface area contributed by atoms with Gasteiger partial charge < -0.3 is 20.3 Å². The van der Waals surface area contributed by atoms with E-state index in [2.05, 4.69) is 48.2 Å². The predicted molar refractivity (Wildman–Crippen MR) is 119 cm³/mol. The van der Waals surface area contributed by atoms with Gasteiger partial charge in [-0.05, 0) is 64.1 Å². The Kier molecular flexibility index (Phi) is 15.0. The van der Waals surface area contributed by atoms with Crippen molar-refractivity contribution in [3.63, 3.8) is 0 Å². The number of hydrogen-bond acceptors (Lipinski definition) is 3. The number of piperidine rings is 1. The summed E-state index contributed by atoms with van der Waals surface area (Å²) >= 11 is 0. The van der Waals surface area contributed by atoms with Crippen molar-refractivity contribution in [3.05, 3.63) is 0 Å². The van der Waals surface area contributed by atoms with Crippen LogP contribution in [0.5, 0.6) is 0 Å². The van der Waals surface area contributed by atoms with Gasteiger partial charge in [-0.1, -0.05) is 20.8 Å². The summed E-state index contributed by atoms with van der Waals surface area (Å²) in [6.45, 7) is 15.2. The molecule has 1 atom stereocenters. The van der Waals surface area contributed by atoms with Crippen LogP contribution in [-0.2, 0) is 4.74 Å². The molecule has 6 heteroatoms. The topological polar surface area (TPSA) is 48.9 Å². The Balaban J connectivity index is 0.00000576. The molecular formula is C19H41IN4O. The van der Waals surface area contributed by atoms with Crippen LogP contribution in [0.15, 0.2) is 4.99 Å². The molecule has 1 unspecified atom stereocenters. The highest BCUT2D eigenvalue weighted by atomic mass is 127. The van der Waals surface area contributed by atoms with E-state index in [1.165, 1.54) is 38.9 Å². The van der Waals surface area contributed by atoms with Gasteiger partial charge >= 0.3 is 0 Å². The van der Waals surface area contributed by atoms with Gasteiger partial charge in [0.25, 0.3) is 0 Å². The highest BCUT2D eigenvalue weighted by molar-refractivity contribution is 14.0. The molecule has 0 aromatic heterocycles. The molecule has 25 heavy (non-hydrogen) atoms. The van der Waals surface area contributed by atoms with Crippen molar-refractivity contribution >= 4 is 29.9 Å². The average Bonchev–Trinajstić information content (AvgIpc) is 2.58. The highest BCUT2D eigenvalue weighted by Crippen LogP contribution is 2.16. The zero-order valence-electron chi connectivity index (χ0n) is 17.0. The standard InChI is InChI=1S/C19H40N4O.HI/c1-6-12-23-13-9-17(10-14-23)15-22-19(20-5)21-11-8-18(16(3)4)24-7-2;/h16-18H,6-15H2,1-5H3,(H2,20,21,22);1H. The second-order valence-electron chi connectivity index (χ2n) is 7.19. The van der Waals surface area contributed by atoms with Gasteiger partial charge in [-0.15, -0.1) is 24.0 Å². The fraction of sp³-hybridized carbons (Fsp3) is 0.947. The van der Waals surface area contributed by atoms with E-state index in [0.717, 1.165) is 38.0 Å². The largest absolute Gasteiger partial charge is 0.378 e. The summed E-state index contributed by atoms with van der Waals surface area (Å²) in [4.78, 5) is 6.93. The first kappa shape index (κ1) is 24.9. The first-order valence-corrected chi connectivity index (χ1v) is 9.89. The molecule has 1 heterocycles. The van der Waals surface area contributed by atoms with Crippen molar-refractivity contribution in [2.45, 2.75) is 59.5 Å². The average molecular weight is 468 g/mol. The molecule has 0 aromatic carbocycles. The Morgan fingerprint density at radius 1 is 1.20 bits per heavy atom. The lowest BCUT2D eigenvalue weighted by atomic mass is 9.97. The summed E-state index contributed by atoms with van der Waals surface area (Å²) in [6.07, 6.45) is 5.19. The van der Waals surface area contributed by atoms with E-state index in [9.17, 15) is 0 Å². The number of likely N-dealkylation sites (tertiary alicyclic amines) is 1.